The van der Waals surface area contributed by atoms with Gasteiger partial charge in [0.2, 0.25) is 5.91 Å². The zero-order valence-electron chi connectivity index (χ0n) is 20.7. The Balaban J connectivity index is 1.06. The van der Waals surface area contributed by atoms with Crippen molar-refractivity contribution in [3.8, 4) is 5.75 Å². The third kappa shape index (κ3) is 4.55. The van der Waals surface area contributed by atoms with Crippen molar-refractivity contribution >= 4 is 23.0 Å². The summed E-state index contributed by atoms with van der Waals surface area (Å²) in [5.74, 6) is 0.809. The third-order valence-electron chi connectivity index (χ3n) is 7.50. The molecule has 1 spiro atoms. The van der Waals surface area contributed by atoms with Crippen molar-refractivity contribution in [3.63, 3.8) is 0 Å². The molecule has 1 saturated heterocycles. The Hall–Kier alpha value is -3.41. The lowest BCUT2D eigenvalue weighted by atomic mass is 9.84. The van der Waals surface area contributed by atoms with Gasteiger partial charge in [-0.15, -0.1) is 11.3 Å². The first-order valence-electron chi connectivity index (χ1n) is 12.5. The molecule has 0 bridgehead atoms. The van der Waals surface area contributed by atoms with Crippen LogP contribution in [0, 0.1) is 6.92 Å². The molecule has 0 radical (unpaired) electrons. The van der Waals surface area contributed by atoms with Crippen molar-refractivity contribution in [2.24, 2.45) is 5.16 Å². The van der Waals surface area contributed by atoms with Crippen LogP contribution in [-0.4, -0.2) is 51.0 Å². The molecule has 8 nitrogen and oxygen atoms in total. The van der Waals surface area contributed by atoms with E-state index in [0.717, 1.165) is 57.7 Å². The van der Waals surface area contributed by atoms with Crippen molar-refractivity contribution in [1.29, 1.82) is 0 Å². The Morgan fingerprint density at radius 2 is 2.03 bits per heavy atom. The maximum Gasteiger partial charge on any atom is 0.435 e. The number of likely N-dealkylation sites (tertiary alicyclic amines) is 1. The molecule has 200 valence electrons. The number of alkyl halides is 3. The summed E-state index contributed by atoms with van der Waals surface area (Å²) in [5, 5.41) is 11.0. The number of benzene rings is 1. The minimum absolute atomic E-state index is 0.205. The first-order valence-corrected chi connectivity index (χ1v) is 13.4. The summed E-state index contributed by atoms with van der Waals surface area (Å²) in [4.78, 5) is 25.3. The van der Waals surface area contributed by atoms with Crippen LogP contribution in [0.4, 0.5) is 13.2 Å². The van der Waals surface area contributed by atoms with Gasteiger partial charge in [-0.2, -0.15) is 18.3 Å². The van der Waals surface area contributed by atoms with Crippen LogP contribution in [0.3, 0.4) is 0 Å². The Labute approximate surface area is 221 Å². The Bertz CT molecular complexity index is 1390. The van der Waals surface area contributed by atoms with Gasteiger partial charge in [0, 0.05) is 48.5 Å². The standard InChI is InChI=1S/C26H26F3N5O3S/c1-16-12-22(26(27,28)29)31-34(16)14-23(35)33-9-6-17(7-10-33)24-30-20(15-38-24)19-13-25(37-32-19)8-11-36-21-5-3-2-4-18(21)25/h2-5,12,15,17H,6-11,13-14H2,1H3. The Morgan fingerprint density at radius 1 is 1.24 bits per heavy atom. The van der Waals surface area contributed by atoms with Crippen LogP contribution < -0.4 is 4.74 Å². The van der Waals surface area contributed by atoms with E-state index in [0.29, 0.717) is 31.8 Å². The summed E-state index contributed by atoms with van der Waals surface area (Å²) in [6.45, 7) is 2.93. The van der Waals surface area contributed by atoms with Crippen LogP contribution in [0.5, 0.6) is 5.75 Å². The topological polar surface area (TPSA) is 81.8 Å². The molecule has 12 heteroatoms. The van der Waals surface area contributed by atoms with Gasteiger partial charge in [-0.3, -0.25) is 9.48 Å². The minimum atomic E-state index is -4.53. The molecule has 3 aliphatic heterocycles. The maximum atomic E-state index is 12.9. The predicted octanol–water partition coefficient (Wildman–Crippen LogP) is 4.88. The lowest BCUT2D eigenvalue weighted by Gasteiger charge is -2.32. The van der Waals surface area contributed by atoms with Crippen molar-refractivity contribution in [1.82, 2.24) is 19.7 Å². The molecule has 6 rings (SSSR count). The van der Waals surface area contributed by atoms with Gasteiger partial charge in [-0.1, -0.05) is 23.4 Å². The molecule has 1 unspecified atom stereocenters. The number of rotatable bonds is 4. The normalized spacial score (nSPS) is 21.7. The van der Waals surface area contributed by atoms with E-state index in [2.05, 4.69) is 10.3 Å². The van der Waals surface area contributed by atoms with Crippen molar-refractivity contribution in [2.45, 2.75) is 56.8 Å². The fourth-order valence-electron chi connectivity index (χ4n) is 5.34. The van der Waals surface area contributed by atoms with Gasteiger partial charge in [0.25, 0.3) is 0 Å². The molecule has 0 aliphatic carbocycles. The lowest BCUT2D eigenvalue weighted by Crippen LogP contribution is -2.40. The van der Waals surface area contributed by atoms with Gasteiger partial charge in [-0.25, -0.2) is 4.98 Å². The summed E-state index contributed by atoms with van der Waals surface area (Å²) >= 11 is 1.59. The number of oxime groups is 1. The number of hydrogen-bond acceptors (Lipinski definition) is 7. The number of carbonyl (C=O) groups is 1. The molecular formula is C26H26F3N5O3S. The predicted molar refractivity (Wildman–Crippen MR) is 133 cm³/mol. The van der Waals surface area contributed by atoms with Crippen LogP contribution in [0.15, 0.2) is 40.9 Å². The van der Waals surface area contributed by atoms with Crippen LogP contribution in [0.1, 0.15) is 59.3 Å². The van der Waals surface area contributed by atoms with Crippen molar-refractivity contribution in [3.05, 3.63) is 63.4 Å². The van der Waals surface area contributed by atoms with Gasteiger partial charge in [0.1, 0.15) is 18.0 Å². The molecule has 3 aromatic rings. The smallest absolute Gasteiger partial charge is 0.435 e. The third-order valence-corrected chi connectivity index (χ3v) is 8.50. The number of aromatic nitrogens is 3. The van der Waals surface area contributed by atoms with Gasteiger partial charge >= 0.3 is 6.18 Å². The molecule has 2 aromatic heterocycles. The lowest BCUT2D eigenvalue weighted by molar-refractivity contribution is -0.142. The average molecular weight is 546 g/mol. The highest BCUT2D eigenvalue weighted by molar-refractivity contribution is 7.10. The number of aryl methyl sites for hydroxylation is 1. The van der Waals surface area contributed by atoms with Crippen molar-refractivity contribution < 1.29 is 27.5 Å². The zero-order chi connectivity index (χ0) is 26.5. The molecule has 0 N–H and O–H groups in total. The molecule has 38 heavy (non-hydrogen) atoms. The maximum absolute atomic E-state index is 12.9. The SMILES string of the molecule is Cc1cc(C(F)(F)F)nn1CC(=O)N1CCC(c2nc(C3=NOC4(CCOc5ccccc54)C3)cs2)CC1. The number of para-hydroxylation sites is 1. The highest BCUT2D eigenvalue weighted by atomic mass is 32.1. The van der Waals surface area contributed by atoms with E-state index in [1.165, 1.54) is 6.92 Å². The molecule has 1 fully saturated rings. The fraction of sp³-hybridized carbons (Fsp3) is 0.462. The second kappa shape index (κ2) is 9.40. The van der Waals surface area contributed by atoms with E-state index < -0.39 is 17.5 Å². The molecule has 0 saturated carbocycles. The number of ether oxygens (including phenoxy) is 1. The number of piperidine rings is 1. The number of carbonyl (C=O) groups excluding carboxylic acids is 1. The van der Waals surface area contributed by atoms with Crippen LogP contribution in [0.25, 0.3) is 0 Å². The van der Waals surface area contributed by atoms with Crippen LogP contribution >= 0.6 is 11.3 Å². The highest BCUT2D eigenvalue weighted by Crippen LogP contribution is 2.46. The number of amides is 1. The van der Waals surface area contributed by atoms with Gasteiger partial charge < -0.3 is 14.5 Å². The highest BCUT2D eigenvalue weighted by Gasteiger charge is 2.46. The minimum Gasteiger partial charge on any atom is -0.493 e. The van der Waals surface area contributed by atoms with E-state index >= 15 is 0 Å². The van der Waals surface area contributed by atoms with E-state index in [-0.39, 0.29) is 18.4 Å². The van der Waals surface area contributed by atoms with Crippen LogP contribution in [0.2, 0.25) is 0 Å². The summed E-state index contributed by atoms with van der Waals surface area (Å²) in [6, 6.07) is 8.86. The van der Waals surface area contributed by atoms with E-state index in [1.807, 2.05) is 29.6 Å². The quantitative estimate of drug-likeness (QED) is 0.467. The Kier molecular flexibility index (Phi) is 6.16. The summed E-state index contributed by atoms with van der Waals surface area (Å²) in [6.07, 6.45) is -1.71. The number of hydrogen-bond donors (Lipinski definition) is 0. The zero-order valence-corrected chi connectivity index (χ0v) is 21.5. The van der Waals surface area contributed by atoms with E-state index in [4.69, 9.17) is 14.6 Å². The van der Waals surface area contributed by atoms with E-state index in [9.17, 15) is 18.0 Å². The first-order chi connectivity index (χ1) is 18.2. The second-order valence-electron chi connectivity index (χ2n) is 9.95. The summed E-state index contributed by atoms with van der Waals surface area (Å²) < 4.78 is 45.7. The monoisotopic (exact) mass is 545 g/mol. The molecule has 1 amide bonds. The van der Waals surface area contributed by atoms with Gasteiger partial charge in [0.15, 0.2) is 11.3 Å². The number of thiazole rings is 1. The second-order valence-corrected chi connectivity index (χ2v) is 10.8. The molecular weight excluding hydrogens is 519 g/mol. The largest absolute Gasteiger partial charge is 0.493 e. The van der Waals surface area contributed by atoms with Crippen molar-refractivity contribution in [2.75, 3.05) is 19.7 Å². The average Bonchev–Trinajstić information content (AvgIpc) is 3.64. The van der Waals surface area contributed by atoms with E-state index in [1.54, 1.807) is 16.2 Å². The number of nitrogens with zero attached hydrogens (tertiary/aromatic N) is 5. The summed E-state index contributed by atoms with van der Waals surface area (Å²) in [5.41, 5.74) is 1.46. The summed E-state index contributed by atoms with van der Waals surface area (Å²) in [7, 11) is 0. The fourth-order valence-corrected chi connectivity index (χ4v) is 6.34. The van der Waals surface area contributed by atoms with Crippen LogP contribution in [-0.2, 0) is 28.0 Å². The Morgan fingerprint density at radius 3 is 2.79 bits per heavy atom. The molecule has 3 aliphatic rings. The molecule has 1 atom stereocenters. The number of fused-ring (bicyclic) bond motifs is 2. The van der Waals surface area contributed by atoms with Gasteiger partial charge in [0.05, 0.1) is 17.3 Å². The molecule has 5 heterocycles. The number of halogens is 3. The first kappa shape index (κ1) is 24.9. The molecule has 1 aromatic carbocycles. The van der Waals surface area contributed by atoms with Gasteiger partial charge in [-0.05, 0) is 31.9 Å².